The number of benzene rings is 2. The van der Waals surface area contributed by atoms with E-state index in [1.54, 1.807) is 24.3 Å². The van der Waals surface area contributed by atoms with Crippen molar-refractivity contribution in [3.63, 3.8) is 0 Å². The van der Waals surface area contributed by atoms with Crippen LogP contribution >= 0.6 is 15.9 Å². The summed E-state index contributed by atoms with van der Waals surface area (Å²) in [7, 11) is 0. The topological polar surface area (TPSA) is 52.9 Å². The molecule has 0 bridgehead atoms. The average Bonchev–Trinajstić information content (AvgIpc) is 2.38. The first-order chi connectivity index (χ1) is 9.08. The fraction of sp³-hybridized carbons (Fsp3) is 0. The predicted molar refractivity (Wildman–Crippen MR) is 73.2 cm³/mol. The number of rotatable bonds is 2. The molecule has 3 nitrogen and oxygen atoms in total. The van der Waals surface area contributed by atoms with Crippen molar-refractivity contribution in [1.29, 1.82) is 5.26 Å². The van der Waals surface area contributed by atoms with Crippen LogP contribution in [0.4, 0.5) is 10.1 Å². The van der Waals surface area contributed by atoms with Crippen LogP contribution in [0.15, 0.2) is 46.9 Å². The third kappa shape index (κ3) is 3.39. The van der Waals surface area contributed by atoms with Crippen molar-refractivity contribution in [3.05, 3.63) is 63.9 Å². The molecule has 0 aliphatic heterocycles. The van der Waals surface area contributed by atoms with Gasteiger partial charge in [-0.05, 0) is 42.5 Å². The van der Waals surface area contributed by atoms with Crippen LogP contribution in [0.1, 0.15) is 15.9 Å². The minimum Gasteiger partial charge on any atom is -0.322 e. The Kier molecular flexibility index (Phi) is 3.93. The highest BCUT2D eigenvalue weighted by molar-refractivity contribution is 9.10. The van der Waals surface area contributed by atoms with Gasteiger partial charge in [0, 0.05) is 15.7 Å². The number of hydrogen-bond acceptors (Lipinski definition) is 2. The molecule has 19 heavy (non-hydrogen) atoms. The van der Waals surface area contributed by atoms with E-state index in [-0.39, 0.29) is 5.56 Å². The minimum absolute atomic E-state index is 0.219. The molecule has 2 aromatic carbocycles. The first-order valence-electron chi connectivity index (χ1n) is 5.36. The Morgan fingerprint density at radius 1 is 1.21 bits per heavy atom. The van der Waals surface area contributed by atoms with Gasteiger partial charge in [0.1, 0.15) is 5.82 Å². The molecule has 5 heteroatoms. The van der Waals surface area contributed by atoms with Gasteiger partial charge in [0.05, 0.1) is 11.6 Å². The summed E-state index contributed by atoms with van der Waals surface area (Å²) in [6.07, 6.45) is 0. The normalized spacial score (nSPS) is 9.74. The SMILES string of the molecule is N#Cc1ccc(NC(=O)c2cc(F)cc(Br)c2)cc1. The number of nitriles is 1. The molecule has 0 saturated heterocycles. The van der Waals surface area contributed by atoms with Crippen LogP contribution in [0.5, 0.6) is 0 Å². The molecule has 1 N–H and O–H groups in total. The lowest BCUT2D eigenvalue weighted by Crippen LogP contribution is -2.12. The highest BCUT2D eigenvalue weighted by Crippen LogP contribution is 2.17. The lowest BCUT2D eigenvalue weighted by atomic mass is 10.2. The van der Waals surface area contributed by atoms with Gasteiger partial charge in [-0.15, -0.1) is 0 Å². The largest absolute Gasteiger partial charge is 0.322 e. The molecule has 0 aliphatic rings. The summed E-state index contributed by atoms with van der Waals surface area (Å²) in [5, 5.41) is 11.3. The van der Waals surface area contributed by atoms with Gasteiger partial charge in [-0.3, -0.25) is 4.79 Å². The van der Waals surface area contributed by atoms with E-state index in [4.69, 9.17) is 5.26 Å². The highest BCUT2D eigenvalue weighted by atomic mass is 79.9. The maximum Gasteiger partial charge on any atom is 0.255 e. The maximum absolute atomic E-state index is 13.2. The first kappa shape index (κ1) is 13.2. The number of nitrogens with one attached hydrogen (secondary N) is 1. The molecule has 2 rings (SSSR count). The van der Waals surface area contributed by atoms with Gasteiger partial charge in [0.25, 0.3) is 5.91 Å². The number of hydrogen-bond donors (Lipinski definition) is 1. The van der Waals surface area contributed by atoms with Crippen molar-refractivity contribution in [2.24, 2.45) is 0 Å². The molecule has 0 heterocycles. The highest BCUT2D eigenvalue weighted by Gasteiger charge is 2.08. The van der Waals surface area contributed by atoms with Crippen LogP contribution in [0, 0.1) is 17.1 Å². The summed E-state index contributed by atoms with van der Waals surface area (Å²) in [5.74, 6) is -0.899. The van der Waals surface area contributed by atoms with Gasteiger partial charge >= 0.3 is 0 Å². The molecule has 1 amide bonds. The Morgan fingerprint density at radius 2 is 1.89 bits per heavy atom. The molecule has 0 spiro atoms. The number of carbonyl (C=O) groups is 1. The third-order valence-corrected chi connectivity index (χ3v) is 2.85. The summed E-state index contributed by atoms with van der Waals surface area (Å²) in [6, 6.07) is 12.4. The van der Waals surface area contributed by atoms with E-state index >= 15 is 0 Å². The zero-order valence-electron chi connectivity index (χ0n) is 9.65. The molecule has 2 aromatic rings. The van der Waals surface area contributed by atoms with Crippen molar-refractivity contribution >= 4 is 27.5 Å². The Morgan fingerprint density at radius 3 is 2.47 bits per heavy atom. The smallest absolute Gasteiger partial charge is 0.255 e. The third-order valence-electron chi connectivity index (χ3n) is 2.40. The molecule has 0 unspecified atom stereocenters. The summed E-state index contributed by atoms with van der Waals surface area (Å²) in [4.78, 5) is 11.9. The molecule has 94 valence electrons. The first-order valence-corrected chi connectivity index (χ1v) is 6.15. The Labute approximate surface area is 117 Å². The number of carbonyl (C=O) groups excluding carboxylic acids is 1. The maximum atomic E-state index is 13.2. The predicted octanol–water partition coefficient (Wildman–Crippen LogP) is 3.71. The van der Waals surface area contributed by atoms with E-state index in [0.717, 1.165) is 6.07 Å². The summed E-state index contributed by atoms with van der Waals surface area (Å²) in [6.45, 7) is 0. The fourth-order valence-corrected chi connectivity index (χ4v) is 1.98. The Balaban J connectivity index is 2.18. The van der Waals surface area contributed by atoms with Gasteiger partial charge in [-0.2, -0.15) is 5.26 Å². The minimum atomic E-state index is -0.487. The molecular weight excluding hydrogens is 311 g/mol. The van der Waals surface area contributed by atoms with Crippen LogP contribution < -0.4 is 5.32 Å². The van der Waals surface area contributed by atoms with Crippen molar-refractivity contribution in [2.75, 3.05) is 5.32 Å². The summed E-state index contributed by atoms with van der Waals surface area (Å²) in [5.41, 5.74) is 1.27. The average molecular weight is 319 g/mol. The molecular formula is C14H8BrFN2O. The Bertz CT molecular complexity index is 642. The van der Waals surface area contributed by atoms with Crippen LogP contribution in [-0.2, 0) is 0 Å². The van der Waals surface area contributed by atoms with Gasteiger partial charge < -0.3 is 5.32 Å². The number of halogens is 2. The van der Waals surface area contributed by atoms with E-state index in [0.29, 0.717) is 15.7 Å². The van der Waals surface area contributed by atoms with Crippen LogP contribution in [0.2, 0.25) is 0 Å². The second-order valence-corrected chi connectivity index (χ2v) is 4.72. The van der Waals surface area contributed by atoms with E-state index in [1.807, 2.05) is 6.07 Å². The molecule has 0 aliphatic carbocycles. The number of nitrogens with zero attached hydrogens (tertiary/aromatic N) is 1. The van der Waals surface area contributed by atoms with Crippen molar-refractivity contribution < 1.29 is 9.18 Å². The Hall–Kier alpha value is -2.19. The van der Waals surface area contributed by atoms with Crippen molar-refractivity contribution in [1.82, 2.24) is 0 Å². The fourth-order valence-electron chi connectivity index (χ4n) is 1.52. The standard InChI is InChI=1S/C14H8BrFN2O/c15-11-5-10(6-12(16)7-11)14(19)18-13-3-1-9(8-17)2-4-13/h1-7H,(H,18,19). The molecule has 0 saturated carbocycles. The molecule has 0 fully saturated rings. The second kappa shape index (κ2) is 5.63. The quantitative estimate of drug-likeness (QED) is 0.917. The van der Waals surface area contributed by atoms with E-state index in [2.05, 4.69) is 21.2 Å². The molecule has 0 atom stereocenters. The van der Waals surface area contributed by atoms with Gasteiger partial charge in [-0.1, -0.05) is 15.9 Å². The monoisotopic (exact) mass is 318 g/mol. The molecule has 0 aromatic heterocycles. The van der Waals surface area contributed by atoms with Gasteiger partial charge in [0.15, 0.2) is 0 Å². The van der Waals surface area contributed by atoms with E-state index in [1.165, 1.54) is 12.1 Å². The van der Waals surface area contributed by atoms with E-state index < -0.39 is 11.7 Å². The zero-order chi connectivity index (χ0) is 13.8. The number of amides is 1. The van der Waals surface area contributed by atoms with Gasteiger partial charge in [0.2, 0.25) is 0 Å². The van der Waals surface area contributed by atoms with Crippen LogP contribution in [0.25, 0.3) is 0 Å². The lowest BCUT2D eigenvalue weighted by Gasteiger charge is -2.06. The van der Waals surface area contributed by atoms with Crippen LogP contribution in [-0.4, -0.2) is 5.91 Å². The lowest BCUT2D eigenvalue weighted by molar-refractivity contribution is 0.102. The van der Waals surface area contributed by atoms with Crippen molar-refractivity contribution in [2.45, 2.75) is 0 Å². The molecule has 0 radical (unpaired) electrons. The zero-order valence-corrected chi connectivity index (χ0v) is 11.2. The van der Waals surface area contributed by atoms with E-state index in [9.17, 15) is 9.18 Å². The van der Waals surface area contributed by atoms with Crippen molar-refractivity contribution in [3.8, 4) is 6.07 Å². The summed E-state index contributed by atoms with van der Waals surface area (Å²) < 4.78 is 13.7. The van der Waals surface area contributed by atoms with Gasteiger partial charge in [-0.25, -0.2) is 4.39 Å². The summed E-state index contributed by atoms with van der Waals surface area (Å²) >= 11 is 3.13. The number of anilines is 1. The second-order valence-electron chi connectivity index (χ2n) is 3.80. The van der Waals surface area contributed by atoms with Crippen LogP contribution in [0.3, 0.4) is 0 Å².